The van der Waals surface area contributed by atoms with Crippen molar-refractivity contribution < 1.29 is 8.42 Å². The number of sulfonamides is 1. The molecule has 0 aliphatic carbocycles. The predicted molar refractivity (Wildman–Crippen MR) is 70.5 cm³/mol. The Morgan fingerprint density at radius 2 is 2.11 bits per heavy atom. The maximum atomic E-state index is 12.5. The van der Waals surface area contributed by atoms with Crippen LogP contribution in [0.5, 0.6) is 0 Å². The van der Waals surface area contributed by atoms with Gasteiger partial charge in [-0.3, -0.25) is 0 Å². The lowest BCUT2D eigenvalue weighted by atomic mass is 10.1. The fraction of sp³-hybridized carbons (Fsp3) is 0.727. The number of aryl methyl sites for hydroxylation is 1. The highest BCUT2D eigenvalue weighted by atomic mass is 32.2. The van der Waals surface area contributed by atoms with E-state index in [0.29, 0.717) is 6.54 Å². The third-order valence-electron chi connectivity index (χ3n) is 2.84. The van der Waals surface area contributed by atoms with E-state index in [-0.39, 0.29) is 11.6 Å². The molecule has 0 unspecified atom stereocenters. The molecule has 0 spiro atoms. The van der Waals surface area contributed by atoms with E-state index in [1.807, 2.05) is 20.8 Å². The molecule has 0 amide bonds. The van der Waals surface area contributed by atoms with Gasteiger partial charge in [-0.15, -0.1) is 0 Å². The average molecular weight is 274 g/mol. The molecule has 0 atom stereocenters. The molecule has 1 heterocycles. The number of nitrogens with zero attached hydrogens (tertiary/aromatic N) is 3. The first-order valence-corrected chi connectivity index (χ1v) is 7.40. The third-order valence-corrected chi connectivity index (χ3v) is 4.83. The highest BCUT2D eigenvalue weighted by Crippen LogP contribution is 2.23. The zero-order valence-corrected chi connectivity index (χ0v) is 12.2. The Kier molecular flexibility index (Phi) is 4.52. The third kappa shape index (κ3) is 2.90. The maximum Gasteiger partial charge on any atom is 0.262 e. The predicted octanol–water partition coefficient (Wildman–Crippen LogP) is 0.558. The minimum absolute atomic E-state index is 0.0694. The minimum Gasteiger partial charge on any atom is -0.339 e. The second-order valence-corrected chi connectivity index (χ2v) is 6.78. The number of imidazole rings is 1. The van der Waals surface area contributed by atoms with Gasteiger partial charge < -0.3 is 10.3 Å². The van der Waals surface area contributed by atoms with Gasteiger partial charge in [0.05, 0.1) is 6.33 Å². The van der Waals surface area contributed by atoms with Gasteiger partial charge in [-0.05, 0) is 20.3 Å². The highest BCUT2D eigenvalue weighted by Gasteiger charge is 2.36. The zero-order chi connectivity index (χ0) is 14.0. The van der Waals surface area contributed by atoms with Gasteiger partial charge in [-0.1, -0.05) is 6.92 Å². The molecule has 2 N–H and O–H groups in total. The van der Waals surface area contributed by atoms with Gasteiger partial charge in [-0.2, -0.15) is 4.31 Å². The van der Waals surface area contributed by atoms with E-state index in [4.69, 9.17) is 5.73 Å². The summed E-state index contributed by atoms with van der Waals surface area (Å²) in [6.07, 6.45) is 3.71. The normalized spacial score (nSPS) is 13.2. The summed E-state index contributed by atoms with van der Waals surface area (Å²) in [5, 5.41) is 0.0694. The molecule has 1 aromatic heterocycles. The van der Waals surface area contributed by atoms with E-state index >= 15 is 0 Å². The SMILES string of the molecule is CCCN(C(C)(C)CN)S(=O)(=O)c1cn(C)cn1. The second kappa shape index (κ2) is 5.38. The van der Waals surface area contributed by atoms with Crippen molar-refractivity contribution >= 4 is 10.0 Å². The van der Waals surface area contributed by atoms with Gasteiger partial charge in [0.25, 0.3) is 10.0 Å². The van der Waals surface area contributed by atoms with E-state index in [2.05, 4.69) is 4.98 Å². The molecule has 1 aromatic rings. The Bertz CT molecular complexity index is 493. The number of aromatic nitrogens is 2. The van der Waals surface area contributed by atoms with Crippen LogP contribution >= 0.6 is 0 Å². The number of nitrogens with two attached hydrogens (primary N) is 1. The lowest BCUT2D eigenvalue weighted by molar-refractivity contribution is 0.234. The van der Waals surface area contributed by atoms with Crippen LogP contribution in [0.3, 0.4) is 0 Å². The van der Waals surface area contributed by atoms with Crippen LogP contribution in [0, 0.1) is 0 Å². The zero-order valence-electron chi connectivity index (χ0n) is 11.4. The monoisotopic (exact) mass is 274 g/mol. The van der Waals surface area contributed by atoms with Crippen molar-refractivity contribution in [2.75, 3.05) is 13.1 Å². The largest absolute Gasteiger partial charge is 0.339 e. The van der Waals surface area contributed by atoms with Crippen LogP contribution in [0.15, 0.2) is 17.6 Å². The Balaban J connectivity index is 3.21. The van der Waals surface area contributed by atoms with Crippen molar-refractivity contribution in [3.05, 3.63) is 12.5 Å². The second-order valence-electron chi connectivity index (χ2n) is 4.97. The Labute approximate surface area is 109 Å². The van der Waals surface area contributed by atoms with Crippen molar-refractivity contribution in [1.29, 1.82) is 0 Å². The molecule has 0 fully saturated rings. The molecular formula is C11H22N4O2S. The molecule has 0 saturated heterocycles. The van der Waals surface area contributed by atoms with Crippen LogP contribution < -0.4 is 5.73 Å². The molecule has 0 saturated carbocycles. The first kappa shape index (κ1) is 15.1. The molecule has 6 nitrogen and oxygen atoms in total. The smallest absolute Gasteiger partial charge is 0.262 e. The molecule has 18 heavy (non-hydrogen) atoms. The molecule has 104 valence electrons. The molecule has 1 rings (SSSR count). The molecule has 0 aromatic carbocycles. The van der Waals surface area contributed by atoms with E-state index in [9.17, 15) is 8.42 Å². The minimum atomic E-state index is -3.59. The van der Waals surface area contributed by atoms with Crippen molar-refractivity contribution in [3.8, 4) is 0 Å². The van der Waals surface area contributed by atoms with Gasteiger partial charge in [0.1, 0.15) is 0 Å². The van der Waals surface area contributed by atoms with Crippen LogP contribution in [0.25, 0.3) is 0 Å². The summed E-state index contributed by atoms with van der Waals surface area (Å²) >= 11 is 0. The van der Waals surface area contributed by atoms with Crippen LogP contribution in [0.2, 0.25) is 0 Å². The number of rotatable bonds is 6. The summed E-state index contributed by atoms with van der Waals surface area (Å²) in [6, 6.07) is 0. The number of hydrogen-bond donors (Lipinski definition) is 1. The summed E-state index contributed by atoms with van der Waals surface area (Å²) in [5.74, 6) is 0. The van der Waals surface area contributed by atoms with Crippen molar-refractivity contribution in [1.82, 2.24) is 13.9 Å². The fourth-order valence-corrected chi connectivity index (χ4v) is 3.54. The Morgan fingerprint density at radius 3 is 2.50 bits per heavy atom. The summed E-state index contributed by atoms with van der Waals surface area (Å²) in [6.45, 7) is 6.28. The quantitative estimate of drug-likeness (QED) is 0.821. The van der Waals surface area contributed by atoms with Gasteiger partial charge in [0.15, 0.2) is 5.03 Å². The van der Waals surface area contributed by atoms with E-state index in [1.165, 1.54) is 16.8 Å². The fourth-order valence-electron chi connectivity index (χ4n) is 1.69. The van der Waals surface area contributed by atoms with Crippen molar-refractivity contribution in [2.45, 2.75) is 37.8 Å². The molecule has 7 heteroatoms. The lowest BCUT2D eigenvalue weighted by Crippen LogP contribution is -2.52. The van der Waals surface area contributed by atoms with E-state index in [1.54, 1.807) is 11.6 Å². The van der Waals surface area contributed by atoms with Crippen LogP contribution in [-0.4, -0.2) is 40.9 Å². The molecule has 0 bridgehead atoms. The van der Waals surface area contributed by atoms with Crippen molar-refractivity contribution in [3.63, 3.8) is 0 Å². The first-order valence-electron chi connectivity index (χ1n) is 5.96. The summed E-state index contributed by atoms with van der Waals surface area (Å²) < 4.78 is 28.1. The standard InChI is InChI=1S/C11H22N4O2S/c1-5-6-15(11(2,3)8-12)18(16,17)10-7-14(4)9-13-10/h7,9H,5-6,8,12H2,1-4H3. The Hall–Kier alpha value is -0.920. The van der Waals surface area contributed by atoms with Gasteiger partial charge in [0, 0.05) is 31.9 Å². The van der Waals surface area contributed by atoms with E-state index in [0.717, 1.165) is 6.42 Å². The highest BCUT2D eigenvalue weighted by molar-refractivity contribution is 7.89. The van der Waals surface area contributed by atoms with Gasteiger partial charge >= 0.3 is 0 Å². The van der Waals surface area contributed by atoms with Crippen molar-refractivity contribution in [2.24, 2.45) is 12.8 Å². The summed E-state index contributed by atoms with van der Waals surface area (Å²) in [4.78, 5) is 3.93. The van der Waals surface area contributed by atoms with Crippen LogP contribution in [0.1, 0.15) is 27.2 Å². The van der Waals surface area contributed by atoms with Crippen LogP contribution in [0.4, 0.5) is 0 Å². The Morgan fingerprint density at radius 1 is 1.50 bits per heavy atom. The molecule has 0 radical (unpaired) electrons. The lowest BCUT2D eigenvalue weighted by Gasteiger charge is -2.35. The topological polar surface area (TPSA) is 81.2 Å². The van der Waals surface area contributed by atoms with Gasteiger partial charge in [0.2, 0.25) is 0 Å². The summed E-state index contributed by atoms with van der Waals surface area (Å²) in [5.41, 5.74) is 5.07. The number of hydrogen-bond acceptors (Lipinski definition) is 4. The van der Waals surface area contributed by atoms with Crippen LogP contribution in [-0.2, 0) is 17.1 Å². The first-order chi connectivity index (χ1) is 8.25. The molecule has 0 aliphatic heterocycles. The molecular weight excluding hydrogens is 252 g/mol. The molecule has 0 aliphatic rings. The maximum absolute atomic E-state index is 12.5. The summed E-state index contributed by atoms with van der Waals surface area (Å²) in [7, 11) is -1.85. The van der Waals surface area contributed by atoms with Gasteiger partial charge in [-0.25, -0.2) is 13.4 Å². The van der Waals surface area contributed by atoms with E-state index < -0.39 is 15.6 Å². The average Bonchev–Trinajstić information content (AvgIpc) is 2.73.